The van der Waals surface area contributed by atoms with Gasteiger partial charge in [0.25, 0.3) is 0 Å². The Hall–Kier alpha value is -2.00. The predicted molar refractivity (Wildman–Crippen MR) is 67.4 cm³/mol. The van der Waals surface area contributed by atoms with Crippen molar-refractivity contribution in [3.63, 3.8) is 0 Å². The average Bonchev–Trinajstić information content (AvgIpc) is 2.70. The zero-order valence-electron chi connectivity index (χ0n) is 8.84. The van der Waals surface area contributed by atoms with Crippen molar-refractivity contribution in [2.75, 3.05) is 0 Å². The first kappa shape index (κ1) is 10.2. The van der Waals surface area contributed by atoms with Crippen molar-refractivity contribution in [3.8, 4) is 11.4 Å². The van der Waals surface area contributed by atoms with Gasteiger partial charge in [0.1, 0.15) is 11.0 Å². The van der Waals surface area contributed by atoms with E-state index in [-0.39, 0.29) is 0 Å². The van der Waals surface area contributed by atoms with Crippen LogP contribution in [0.15, 0.2) is 48.5 Å². The zero-order chi connectivity index (χ0) is 11.8. The highest BCUT2D eigenvalue weighted by atomic mass is 35.5. The number of imidazole rings is 1. The summed E-state index contributed by atoms with van der Waals surface area (Å²) in [6.45, 7) is 0. The van der Waals surface area contributed by atoms with E-state index >= 15 is 0 Å². The summed E-state index contributed by atoms with van der Waals surface area (Å²) in [4.78, 5) is 4.36. The summed E-state index contributed by atoms with van der Waals surface area (Å²) in [5.41, 5.74) is 2.06. The number of rotatable bonds is 1. The standard InChI is InChI=1S/C13H9ClN2O/c14-10-7-4-8-11-12(10)15-13(16(11)17)9-5-2-1-3-6-9/h1-8,17H. The van der Waals surface area contributed by atoms with Gasteiger partial charge in [-0.3, -0.25) is 0 Å². The second-order valence-electron chi connectivity index (χ2n) is 3.72. The van der Waals surface area contributed by atoms with Crippen LogP contribution in [-0.4, -0.2) is 14.9 Å². The molecule has 1 N–H and O–H groups in total. The number of fused-ring (bicyclic) bond motifs is 1. The predicted octanol–water partition coefficient (Wildman–Crippen LogP) is 3.59. The zero-order valence-corrected chi connectivity index (χ0v) is 9.59. The lowest BCUT2D eigenvalue weighted by Crippen LogP contribution is -1.93. The molecule has 84 valence electrons. The van der Waals surface area contributed by atoms with Crippen LogP contribution in [0.2, 0.25) is 5.02 Å². The summed E-state index contributed by atoms with van der Waals surface area (Å²) in [5, 5.41) is 10.6. The highest BCUT2D eigenvalue weighted by molar-refractivity contribution is 6.35. The van der Waals surface area contributed by atoms with E-state index in [0.717, 1.165) is 10.3 Å². The Morgan fingerprint density at radius 2 is 1.76 bits per heavy atom. The number of nitrogens with zero attached hydrogens (tertiary/aromatic N) is 2. The van der Waals surface area contributed by atoms with Crippen LogP contribution in [0.25, 0.3) is 22.4 Å². The molecule has 0 amide bonds. The van der Waals surface area contributed by atoms with Crippen molar-refractivity contribution < 1.29 is 5.21 Å². The van der Waals surface area contributed by atoms with E-state index in [1.807, 2.05) is 30.3 Å². The molecule has 0 bridgehead atoms. The molecular weight excluding hydrogens is 236 g/mol. The summed E-state index contributed by atoms with van der Waals surface area (Å²) in [6, 6.07) is 14.8. The molecule has 0 aliphatic heterocycles. The van der Waals surface area contributed by atoms with E-state index in [1.165, 1.54) is 0 Å². The molecular formula is C13H9ClN2O. The van der Waals surface area contributed by atoms with E-state index in [4.69, 9.17) is 11.6 Å². The smallest absolute Gasteiger partial charge is 0.176 e. The molecule has 17 heavy (non-hydrogen) atoms. The molecule has 0 unspecified atom stereocenters. The van der Waals surface area contributed by atoms with Gasteiger partial charge in [-0.05, 0) is 12.1 Å². The first-order valence-corrected chi connectivity index (χ1v) is 5.57. The Kier molecular flexibility index (Phi) is 2.27. The molecule has 0 aliphatic rings. The summed E-state index contributed by atoms with van der Waals surface area (Å²) in [6.07, 6.45) is 0. The maximum atomic E-state index is 10.1. The van der Waals surface area contributed by atoms with E-state index in [9.17, 15) is 5.21 Å². The van der Waals surface area contributed by atoms with E-state index in [1.54, 1.807) is 18.2 Å². The van der Waals surface area contributed by atoms with Crippen LogP contribution >= 0.6 is 11.6 Å². The van der Waals surface area contributed by atoms with Crippen molar-refractivity contribution in [3.05, 3.63) is 53.6 Å². The SMILES string of the molecule is On1c(-c2ccccc2)nc2c(Cl)cccc21. The van der Waals surface area contributed by atoms with Gasteiger partial charge >= 0.3 is 0 Å². The molecule has 0 radical (unpaired) electrons. The van der Waals surface area contributed by atoms with Gasteiger partial charge in [-0.2, -0.15) is 4.73 Å². The highest BCUT2D eigenvalue weighted by Gasteiger charge is 2.13. The van der Waals surface area contributed by atoms with Crippen molar-refractivity contribution in [1.82, 2.24) is 9.71 Å². The lowest BCUT2D eigenvalue weighted by atomic mass is 10.2. The number of halogens is 1. The third kappa shape index (κ3) is 1.56. The Labute approximate surface area is 103 Å². The minimum atomic E-state index is 0.494. The Morgan fingerprint density at radius 1 is 1.00 bits per heavy atom. The fourth-order valence-corrected chi connectivity index (χ4v) is 2.04. The van der Waals surface area contributed by atoms with Crippen LogP contribution < -0.4 is 0 Å². The first-order valence-electron chi connectivity index (χ1n) is 5.19. The number of para-hydroxylation sites is 1. The summed E-state index contributed by atoms with van der Waals surface area (Å²) in [7, 11) is 0. The summed E-state index contributed by atoms with van der Waals surface area (Å²) >= 11 is 6.04. The molecule has 1 heterocycles. The molecule has 3 nitrogen and oxygen atoms in total. The maximum absolute atomic E-state index is 10.1. The van der Waals surface area contributed by atoms with Gasteiger partial charge in [-0.1, -0.05) is 48.0 Å². The minimum Gasteiger partial charge on any atom is -0.426 e. The molecule has 3 rings (SSSR count). The lowest BCUT2D eigenvalue weighted by Gasteiger charge is -1.99. The monoisotopic (exact) mass is 244 g/mol. The quantitative estimate of drug-likeness (QED) is 0.665. The number of benzene rings is 2. The molecule has 0 atom stereocenters. The molecule has 2 aromatic carbocycles. The largest absolute Gasteiger partial charge is 0.426 e. The Balaban J connectivity index is 2.32. The third-order valence-corrected chi connectivity index (χ3v) is 2.95. The van der Waals surface area contributed by atoms with Crippen molar-refractivity contribution in [2.24, 2.45) is 0 Å². The van der Waals surface area contributed by atoms with Crippen LogP contribution in [0.3, 0.4) is 0 Å². The number of hydrogen-bond donors (Lipinski definition) is 1. The van der Waals surface area contributed by atoms with Crippen molar-refractivity contribution >= 4 is 22.6 Å². The van der Waals surface area contributed by atoms with Gasteiger partial charge < -0.3 is 5.21 Å². The van der Waals surface area contributed by atoms with Gasteiger partial charge in [0.2, 0.25) is 0 Å². The summed E-state index contributed by atoms with van der Waals surface area (Å²) in [5.74, 6) is 0.494. The summed E-state index contributed by atoms with van der Waals surface area (Å²) < 4.78 is 1.07. The van der Waals surface area contributed by atoms with Crippen LogP contribution in [-0.2, 0) is 0 Å². The van der Waals surface area contributed by atoms with Crippen LogP contribution in [0.5, 0.6) is 0 Å². The Morgan fingerprint density at radius 3 is 2.47 bits per heavy atom. The van der Waals surface area contributed by atoms with E-state index < -0.39 is 0 Å². The van der Waals surface area contributed by atoms with Gasteiger partial charge in [0, 0.05) is 5.56 Å². The normalized spacial score (nSPS) is 10.9. The second-order valence-corrected chi connectivity index (χ2v) is 4.13. The van der Waals surface area contributed by atoms with Gasteiger partial charge in [0.15, 0.2) is 5.82 Å². The fourth-order valence-electron chi connectivity index (χ4n) is 1.83. The molecule has 3 aromatic rings. The maximum Gasteiger partial charge on any atom is 0.176 e. The minimum absolute atomic E-state index is 0.494. The van der Waals surface area contributed by atoms with Crippen LogP contribution in [0, 0.1) is 0 Å². The van der Waals surface area contributed by atoms with E-state index in [2.05, 4.69) is 4.98 Å². The first-order chi connectivity index (χ1) is 8.27. The van der Waals surface area contributed by atoms with Crippen molar-refractivity contribution in [2.45, 2.75) is 0 Å². The second kappa shape index (κ2) is 3.79. The third-order valence-electron chi connectivity index (χ3n) is 2.64. The van der Waals surface area contributed by atoms with E-state index in [0.29, 0.717) is 21.9 Å². The fraction of sp³-hybridized carbons (Fsp3) is 0. The average molecular weight is 245 g/mol. The molecule has 0 fully saturated rings. The molecule has 0 aliphatic carbocycles. The topological polar surface area (TPSA) is 38.0 Å². The van der Waals surface area contributed by atoms with Gasteiger partial charge in [-0.25, -0.2) is 4.98 Å². The van der Waals surface area contributed by atoms with Gasteiger partial charge in [0.05, 0.1) is 5.02 Å². The van der Waals surface area contributed by atoms with Crippen LogP contribution in [0.1, 0.15) is 0 Å². The highest BCUT2D eigenvalue weighted by Crippen LogP contribution is 2.27. The molecule has 4 heteroatoms. The lowest BCUT2D eigenvalue weighted by molar-refractivity contribution is 0.203. The molecule has 1 aromatic heterocycles. The molecule has 0 spiro atoms. The van der Waals surface area contributed by atoms with Gasteiger partial charge in [-0.15, -0.1) is 0 Å². The van der Waals surface area contributed by atoms with Crippen molar-refractivity contribution in [1.29, 1.82) is 0 Å². The Bertz CT molecular complexity index is 676. The molecule has 0 saturated heterocycles. The number of aromatic nitrogens is 2. The van der Waals surface area contributed by atoms with Crippen LogP contribution in [0.4, 0.5) is 0 Å². The number of hydrogen-bond acceptors (Lipinski definition) is 2. The molecule has 0 saturated carbocycles.